The highest BCUT2D eigenvalue weighted by Crippen LogP contribution is 2.25. The lowest BCUT2D eigenvalue weighted by Crippen LogP contribution is -2.40. The Hall–Kier alpha value is -1.72. The van der Waals surface area contributed by atoms with Crippen LogP contribution >= 0.6 is 11.8 Å². The molecular formula is C18H23N3OS. The Kier molecular flexibility index (Phi) is 5.41. The van der Waals surface area contributed by atoms with Gasteiger partial charge in [0.25, 0.3) is 0 Å². The summed E-state index contributed by atoms with van der Waals surface area (Å²) in [6.45, 7) is 4.81. The summed E-state index contributed by atoms with van der Waals surface area (Å²) >= 11 is 1.78. The van der Waals surface area contributed by atoms with E-state index in [1.54, 1.807) is 18.0 Å². The zero-order valence-electron chi connectivity index (χ0n) is 13.6. The van der Waals surface area contributed by atoms with Crippen molar-refractivity contribution in [1.29, 1.82) is 0 Å². The molecule has 4 nitrogen and oxygen atoms in total. The quantitative estimate of drug-likeness (QED) is 0.796. The molecule has 1 aromatic carbocycles. The standard InChI is InChI=1S/C18H23N3OS/c1-13(14-5-7-16(23-2)8-6-14)10-19-11-15-12-21-17-4-3-9-20-18(17)22-15/h3-9,13,15,19,21H,10-12H2,1-2H3. The predicted octanol–water partition coefficient (Wildman–Crippen LogP) is 3.37. The number of anilines is 1. The molecule has 2 heterocycles. The number of pyridine rings is 1. The highest BCUT2D eigenvalue weighted by atomic mass is 32.2. The third kappa shape index (κ3) is 4.18. The third-order valence-electron chi connectivity index (χ3n) is 4.08. The van der Waals surface area contributed by atoms with E-state index in [-0.39, 0.29) is 6.10 Å². The van der Waals surface area contributed by atoms with Crippen molar-refractivity contribution >= 4 is 17.4 Å². The molecule has 1 aromatic heterocycles. The minimum absolute atomic E-state index is 0.114. The first kappa shape index (κ1) is 16.1. The van der Waals surface area contributed by atoms with Gasteiger partial charge in [-0.05, 0) is 42.0 Å². The lowest BCUT2D eigenvalue weighted by atomic mass is 10.0. The number of thioether (sulfide) groups is 1. The molecule has 2 unspecified atom stereocenters. The number of hydrogen-bond acceptors (Lipinski definition) is 5. The van der Waals surface area contributed by atoms with Gasteiger partial charge in [-0.25, -0.2) is 4.98 Å². The number of hydrogen-bond donors (Lipinski definition) is 2. The normalized spacial score (nSPS) is 17.7. The van der Waals surface area contributed by atoms with Crippen molar-refractivity contribution in [2.75, 3.05) is 31.2 Å². The molecule has 0 aliphatic carbocycles. The average molecular weight is 329 g/mol. The van der Waals surface area contributed by atoms with E-state index in [4.69, 9.17) is 4.74 Å². The second-order valence-corrected chi connectivity index (χ2v) is 6.69. The van der Waals surface area contributed by atoms with Crippen LogP contribution in [0.4, 0.5) is 5.69 Å². The summed E-state index contributed by atoms with van der Waals surface area (Å²) in [5.74, 6) is 1.18. The van der Waals surface area contributed by atoms with Crippen molar-refractivity contribution in [2.24, 2.45) is 0 Å². The van der Waals surface area contributed by atoms with Gasteiger partial charge in [0, 0.05) is 24.2 Å². The summed E-state index contributed by atoms with van der Waals surface area (Å²) in [4.78, 5) is 5.57. The number of aromatic nitrogens is 1. The van der Waals surface area contributed by atoms with Crippen LogP contribution in [0.25, 0.3) is 0 Å². The average Bonchev–Trinajstić information content (AvgIpc) is 2.61. The molecule has 0 saturated carbocycles. The second kappa shape index (κ2) is 7.70. The number of nitrogens with one attached hydrogen (secondary N) is 2. The zero-order valence-corrected chi connectivity index (χ0v) is 14.4. The lowest BCUT2D eigenvalue weighted by molar-refractivity contribution is 0.193. The van der Waals surface area contributed by atoms with Gasteiger partial charge in [0.2, 0.25) is 5.88 Å². The molecule has 1 aliphatic heterocycles. The topological polar surface area (TPSA) is 46.2 Å². The molecule has 5 heteroatoms. The molecule has 0 spiro atoms. The van der Waals surface area contributed by atoms with Crippen molar-refractivity contribution in [3.8, 4) is 5.88 Å². The number of rotatable bonds is 6. The fourth-order valence-electron chi connectivity index (χ4n) is 2.67. The number of fused-ring (bicyclic) bond motifs is 1. The van der Waals surface area contributed by atoms with Crippen LogP contribution in [0, 0.1) is 0 Å². The summed E-state index contributed by atoms with van der Waals surface area (Å²) in [5.41, 5.74) is 2.34. The summed E-state index contributed by atoms with van der Waals surface area (Å²) < 4.78 is 5.91. The van der Waals surface area contributed by atoms with Crippen LogP contribution in [-0.4, -0.2) is 37.0 Å². The van der Waals surface area contributed by atoms with Crippen molar-refractivity contribution < 1.29 is 4.74 Å². The minimum atomic E-state index is 0.114. The van der Waals surface area contributed by atoms with Gasteiger partial charge in [-0.2, -0.15) is 0 Å². The first-order chi connectivity index (χ1) is 11.3. The van der Waals surface area contributed by atoms with Gasteiger partial charge in [-0.1, -0.05) is 19.1 Å². The second-order valence-electron chi connectivity index (χ2n) is 5.81. The summed E-state index contributed by atoms with van der Waals surface area (Å²) in [7, 11) is 0. The van der Waals surface area contributed by atoms with Crippen LogP contribution < -0.4 is 15.4 Å². The van der Waals surface area contributed by atoms with E-state index in [1.807, 2.05) is 12.1 Å². The maximum Gasteiger partial charge on any atom is 0.237 e. The van der Waals surface area contributed by atoms with Gasteiger partial charge in [0.05, 0.1) is 12.2 Å². The Bertz CT molecular complexity index is 632. The molecule has 2 aromatic rings. The fourth-order valence-corrected chi connectivity index (χ4v) is 3.08. The molecule has 0 saturated heterocycles. The molecule has 23 heavy (non-hydrogen) atoms. The molecule has 2 atom stereocenters. The van der Waals surface area contributed by atoms with Crippen LogP contribution in [0.5, 0.6) is 5.88 Å². The zero-order chi connectivity index (χ0) is 16.1. The van der Waals surface area contributed by atoms with Gasteiger partial charge in [0.1, 0.15) is 6.10 Å². The molecule has 0 bridgehead atoms. The molecule has 2 N–H and O–H groups in total. The van der Waals surface area contributed by atoms with E-state index in [0.717, 1.165) is 25.3 Å². The Morgan fingerprint density at radius 2 is 2.17 bits per heavy atom. The van der Waals surface area contributed by atoms with Gasteiger partial charge >= 0.3 is 0 Å². The Morgan fingerprint density at radius 1 is 1.35 bits per heavy atom. The molecular weight excluding hydrogens is 306 g/mol. The van der Waals surface area contributed by atoms with Gasteiger partial charge in [-0.15, -0.1) is 11.8 Å². The first-order valence-electron chi connectivity index (χ1n) is 7.96. The van der Waals surface area contributed by atoms with Crippen LogP contribution in [-0.2, 0) is 0 Å². The van der Waals surface area contributed by atoms with Gasteiger partial charge in [0.15, 0.2) is 0 Å². The van der Waals surface area contributed by atoms with Crippen LogP contribution in [0.3, 0.4) is 0 Å². The molecule has 1 aliphatic rings. The monoisotopic (exact) mass is 329 g/mol. The van der Waals surface area contributed by atoms with E-state index in [9.17, 15) is 0 Å². The third-order valence-corrected chi connectivity index (χ3v) is 4.82. The Balaban J connectivity index is 1.46. The van der Waals surface area contributed by atoms with E-state index in [1.165, 1.54) is 10.5 Å². The largest absolute Gasteiger partial charge is 0.470 e. The molecule has 0 fully saturated rings. The van der Waals surface area contributed by atoms with E-state index in [0.29, 0.717) is 11.8 Å². The van der Waals surface area contributed by atoms with E-state index >= 15 is 0 Å². The number of ether oxygens (including phenoxy) is 1. The highest BCUT2D eigenvalue weighted by Gasteiger charge is 2.19. The maximum absolute atomic E-state index is 5.91. The van der Waals surface area contributed by atoms with Crippen molar-refractivity contribution in [2.45, 2.75) is 23.8 Å². The van der Waals surface area contributed by atoms with Crippen LogP contribution in [0.1, 0.15) is 18.4 Å². The SMILES string of the molecule is CSc1ccc(C(C)CNCC2CNc3cccnc3O2)cc1. The first-order valence-corrected chi connectivity index (χ1v) is 9.19. The van der Waals surface area contributed by atoms with Gasteiger partial charge < -0.3 is 15.4 Å². The smallest absolute Gasteiger partial charge is 0.237 e. The maximum atomic E-state index is 5.91. The minimum Gasteiger partial charge on any atom is -0.470 e. The Labute approximate surface area is 142 Å². The molecule has 0 radical (unpaired) electrons. The highest BCUT2D eigenvalue weighted by molar-refractivity contribution is 7.98. The summed E-state index contributed by atoms with van der Waals surface area (Å²) in [6, 6.07) is 12.7. The Morgan fingerprint density at radius 3 is 2.96 bits per heavy atom. The molecule has 3 rings (SSSR count). The summed E-state index contributed by atoms with van der Waals surface area (Å²) in [6.07, 6.45) is 3.98. The van der Waals surface area contributed by atoms with Crippen LogP contribution in [0.2, 0.25) is 0 Å². The number of nitrogens with zero attached hydrogens (tertiary/aromatic N) is 1. The lowest BCUT2D eigenvalue weighted by Gasteiger charge is -2.27. The predicted molar refractivity (Wildman–Crippen MR) is 96.7 cm³/mol. The van der Waals surface area contributed by atoms with Crippen LogP contribution in [0.15, 0.2) is 47.5 Å². The molecule has 0 amide bonds. The van der Waals surface area contributed by atoms with Crippen molar-refractivity contribution in [3.63, 3.8) is 0 Å². The van der Waals surface area contributed by atoms with Crippen molar-refractivity contribution in [1.82, 2.24) is 10.3 Å². The fraction of sp³-hybridized carbons (Fsp3) is 0.389. The number of benzene rings is 1. The van der Waals surface area contributed by atoms with E-state index < -0.39 is 0 Å². The molecule has 122 valence electrons. The van der Waals surface area contributed by atoms with E-state index in [2.05, 4.69) is 53.1 Å². The van der Waals surface area contributed by atoms with Crippen molar-refractivity contribution in [3.05, 3.63) is 48.2 Å². The summed E-state index contributed by atoms with van der Waals surface area (Å²) in [5, 5.41) is 6.88. The van der Waals surface area contributed by atoms with Gasteiger partial charge in [-0.3, -0.25) is 0 Å².